The number of esters is 1. The highest BCUT2D eigenvalue weighted by atomic mass is 79.9. The summed E-state index contributed by atoms with van der Waals surface area (Å²) in [5, 5.41) is 14.3. The van der Waals surface area contributed by atoms with Gasteiger partial charge in [-0.2, -0.15) is 0 Å². The maximum atomic E-state index is 12.9. The summed E-state index contributed by atoms with van der Waals surface area (Å²) in [6.45, 7) is 7.23. The Balaban J connectivity index is 1.45. The number of carbonyl (C=O) groups excluding carboxylic acids is 1. The van der Waals surface area contributed by atoms with Gasteiger partial charge in [0.25, 0.3) is 0 Å². The van der Waals surface area contributed by atoms with Gasteiger partial charge in [-0.25, -0.2) is 4.79 Å². The Morgan fingerprint density at radius 2 is 2.03 bits per heavy atom. The van der Waals surface area contributed by atoms with Crippen molar-refractivity contribution in [1.82, 2.24) is 0 Å². The fourth-order valence-electron chi connectivity index (χ4n) is 5.49. The lowest BCUT2D eigenvalue weighted by Gasteiger charge is -2.38. The van der Waals surface area contributed by atoms with Gasteiger partial charge in [-0.05, 0) is 54.9 Å². The molecule has 7 heteroatoms. The van der Waals surface area contributed by atoms with Crippen molar-refractivity contribution in [3.8, 4) is 11.5 Å². The molecule has 3 atom stereocenters. The molecule has 2 bridgehead atoms. The monoisotopic (exact) mass is 521 g/mol. The van der Waals surface area contributed by atoms with E-state index in [4.69, 9.17) is 21.1 Å². The Morgan fingerprint density at radius 3 is 2.62 bits per heavy atom. The van der Waals surface area contributed by atoms with Crippen molar-refractivity contribution < 1.29 is 19.4 Å². The quantitative estimate of drug-likeness (QED) is 0.408. The standard InChI is InChI=1S/C25H29BrClNO4/c1-24(2)15-7-8-25(24,3)21(10-15)32-23(30)18-6-5-17(12-20(18)29)28-13-14-9-16(26)11-19(27)22(14)31-4/h5-6,9,11-12,15,21,28-29H,7-8,10,13H2,1-4H3. The van der Waals surface area contributed by atoms with E-state index in [1.807, 2.05) is 6.07 Å². The number of ether oxygens (including phenoxy) is 2. The second-order valence-corrected chi connectivity index (χ2v) is 11.0. The zero-order chi connectivity index (χ0) is 23.3. The summed E-state index contributed by atoms with van der Waals surface area (Å²) in [5.74, 6) is 0.596. The van der Waals surface area contributed by atoms with Gasteiger partial charge >= 0.3 is 5.97 Å². The summed E-state index contributed by atoms with van der Waals surface area (Å²) in [4.78, 5) is 12.9. The molecule has 2 N–H and O–H groups in total. The highest BCUT2D eigenvalue weighted by Gasteiger charge is 2.62. The van der Waals surface area contributed by atoms with Crippen molar-refractivity contribution in [2.24, 2.45) is 16.7 Å². The molecule has 0 amide bonds. The van der Waals surface area contributed by atoms with Crippen LogP contribution in [0.2, 0.25) is 5.02 Å². The first-order valence-electron chi connectivity index (χ1n) is 10.9. The predicted octanol–water partition coefficient (Wildman–Crippen LogP) is 6.80. The fraction of sp³-hybridized carbons (Fsp3) is 0.480. The number of methoxy groups -OCH3 is 1. The van der Waals surface area contributed by atoms with Crippen LogP contribution in [0.5, 0.6) is 11.5 Å². The topological polar surface area (TPSA) is 67.8 Å². The molecule has 4 rings (SSSR count). The van der Waals surface area contributed by atoms with Crippen molar-refractivity contribution in [3.05, 3.63) is 51.0 Å². The third-order valence-electron chi connectivity index (χ3n) is 7.95. The van der Waals surface area contributed by atoms with Gasteiger partial charge in [0.2, 0.25) is 0 Å². The van der Waals surface area contributed by atoms with Crippen LogP contribution in [0, 0.1) is 16.7 Å². The SMILES string of the molecule is COc1c(Cl)cc(Br)cc1CNc1ccc(C(=O)OC2CC3CCC2(C)C3(C)C)c(O)c1. The Kier molecular flexibility index (Phi) is 6.14. The van der Waals surface area contributed by atoms with E-state index in [9.17, 15) is 9.90 Å². The van der Waals surface area contributed by atoms with Crippen molar-refractivity contribution in [1.29, 1.82) is 0 Å². The lowest BCUT2D eigenvalue weighted by molar-refractivity contribution is -0.0244. The minimum absolute atomic E-state index is 0.0191. The molecule has 2 aromatic rings. The molecule has 2 aromatic carbocycles. The number of fused-ring (bicyclic) bond motifs is 2. The molecule has 2 fully saturated rings. The highest BCUT2D eigenvalue weighted by molar-refractivity contribution is 9.10. The molecular weight excluding hydrogens is 494 g/mol. The first-order valence-corrected chi connectivity index (χ1v) is 12.0. The Labute approximate surface area is 202 Å². The molecule has 0 aromatic heterocycles. The van der Waals surface area contributed by atoms with E-state index in [0.717, 1.165) is 22.9 Å². The summed E-state index contributed by atoms with van der Waals surface area (Å²) in [6.07, 6.45) is 3.04. The second-order valence-electron chi connectivity index (χ2n) is 9.67. The van der Waals surface area contributed by atoms with E-state index in [2.05, 4.69) is 42.0 Å². The highest BCUT2D eigenvalue weighted by Crippen LogP contribution is 2.66. The van der Waals surface area contributed by atoms with Gasteiger partial charge in [-0.3, -0.25) is 0 Å². The van der Waals surface area contributed by atoms with Gasteiger partial charge in [-0.15, -0.1) is 0 Å². The molecular formula is C25H29BrClNO4. The molecule has 2 aliphatic carbocycles. The number of halogens is 2. The van der Waals surface area contributed by atoms with Crippen LogP contribution in [0.3, 0.4) is 0 Å². The van der Waals surface area contributed by atoms with Crippen LogP contribution in [-0.2, 0) is 11.3 Å². The summed E-state index contributed by atoms with van der Waals surface area (Å²) in [5.41, 5.74) is 1.86. The molecule has 2 saturated carbocycles. The zero-order valence-electron chi connectivity index (χ0n) is 18.8. The molecule has 0 saturated heterocycles. The van der Waals surface area contributed by atoms with Crippen LogP contribution in [-0.4, -0.2) is 24.3 Å². The van der Waals surface area contributed by atoms with Crippen LogP contribution < -0.4 is 10.1 Å². The number of anilines is 1. The van der Waals surface area contributed by atoms with E-state index >= 15 is 0 Å². The van der Waals surface area contributed by atoms with Gasteiger partial charge in [0.1, 0.15) is 23.2 Å². The average molecular weight is 523 g/mol. The van der Waals surface area contributed by atoms with E-state index in [0.29, 0.717) is 28.9 Å². The smallest absolute Gasteiger partial charge is 0.342 e. The summed E-state index contributed by atoms with van der Waals surface area (Å²) >= 11 is 9.68. The largest absolute Gasteiger partial charge is 0.507 e. The first-order chi connectivity index (χ1) is 15.1. The summed E-state index contributed by atoms with van der Waals surface area (Å²) in [7, 11) is 1.57. The third-order valence-corrected chi connectivity index (χ3v) is 8.69. The minimum Gasteiger partial charge on any atom is -0.507 e. The molecule has 5 nitrogen and oxygen atoms in total. The van der Waals surface area contributed by atoms with Crippen LogP contribution >= 0.6 is 27.5 Å². The molecule has 32 heavy (non-hydrogen) atoms. The molecule has 0 aliphatic heterocycles. The lowest BCUT2D eigenvalue weighted by atomic mass is 9.70. The second kappa shape index (κ2) is 8.45. The van der Waals surface area contributed by atoms with E-state index in [-0.39, 0.29) is 28.2 Å². The number of hydrogen-bond acceptors (Lipinski definition) is 5. The average Bonchev–Trinajstić information content (AvgIpc) is 3.05. The number of carbonyl (C=O) groups is 1. The summed E-state index contributed by atoms with van der Waals surface area (Å²) < 4.78 is 12.2. The lowest BCUT2D eigenvalue weighted by Crippen LogP contribution is -2.38. The molecule has 0 heterocycles. The van der Waals surface area contributed by atoms with Crippen LogP contribution in [0.1, 0.15) is 56.0 Å². The number of nitrogens with one attached hydrogen (secondary N) is 1. The van der Waals surface area contributed by atoms with Crippen LogP contribution in [0.15, 0.2) is 34.8 Å². The Hall–Kier alpha value is -1.92. The number of phenols is 1. The van der Waals surface area contributed by atoms with Crippen LogP contribution in [0.4, 0.5) is 5.69 Å². The van der Waals surface area contributed by atoms with Crippen molar-refractivity contribution >= 4 is 39.2 Å². The number of phenolic OH excluding ortho intramolecular Hbond substituents is 1. The van der Waals surface area contributed by atoms with Crippen molar-refractivity contribution in [3.63, 3.8) is 0 Å². The minimum atomic E-state index is -0.468. The number of hydrogen-bond donors (Lipinski definition) is 2. The maximum absolute atomic E-state index is 12.9. The summed E-state index contributed by atoms with van der Waals surface area (Å²) in [6, 6.07) is 8.59. The molecule has 0 radical (unpaired) electrons. The number of benzene rings is 2. The van der Waals surface area contributed by atoms with E-state index in [1.54, 1.807) is 25.3 Å². The van der Waals surface area contributed by atoms with Gasteiger partial charge in [0, 0.05) is 33.7 Å². The Bertz CT molecular complexity index is 1060. The fourth-order valence-corrected chi connectivity index (χ4v) is 6.44. The normalized spacial score (nSPS) is 25.6. The molecule has 172 valence electrons. The van der Waals surface area contributed by atoms with E-state index < -0.39 is 5.97 Å². The molecule has 0 spiro atoms. The van der Waals surface area contributed by atoms with Crippen LogP contribution in [0.25, 0.3) is 0 Å². The molecule has 2 aliphatic rings. The van der Waals surface area contributed by atoms with Gasteiger partial charge in [-0.1, -0.05) is 48.3 Å². The van der Waals surface area contributed by atoms with Gasteiger partial charge < -0.3 is 19.9 Å². The van der Waals surface area contributed by atoms with Crippen molar-refractivity contribution in [2.75, 3.05) is 12.4 Å². The first kappa shape index (κ1) is 23.2. The maximum Gasteiger partial charge on any atom is 0.342 e. The zero-order valence-corrected chi connectivity index (χ0v) is 21.1. The molecule has 3 unspecified atom stereocenters. The van der Waals surface area contributed by atoms with Gasteiger partial charge in [0.15, 0.2) is 0 Å². The van der Waals surface area contributed by atoms with E-state index in [1.165, 1.54) is 12.5 Å². The Morgan fingerprint density at radius 1 is 1.28 bits per heavy atom. The van der Waals surface area contributed by atoms with Gasteiger partial charge in [0.05, 0.1) is 12.1 Å². The predicted molar refractivity (Wildman–Crippen MR) is 130 cm³/mol. The third kappa shape index (κ3) is 3.86. The number of aromatic hydroxyl groups is 1. The van der Waals surface area contributed by atoms with Crippen molar-refractivity contribution in [2.45, 2.75) is 52.7 Å². The number of rotatable bonds is 6.